The first-order chi connectivity index (χ1) is 29.9. The Morgan fingerprint density at radius 1 is 0.403 bits per heavy atom. The molecule has 0 fully saturated rings. The van der Waals surface area contributed by atoms with Crippen molar-refractivity contribution in [1.29, 1.82) is 0 Å². The van der Waals surface area contributed by atoms with Gasteiger partial charge in [-0.15, -0.1) is 0 Å². The smallest absolute Gasteiger partial charge is 0.341 e. The van der Waals surface area contributed by atoms with Crippen LogP contribution < -0.4 is 18.9 Å². The molecule has 0 bridgehead atoms. The molecule has 62 heavy (non-hydrogen) atoms. The van der Waals surface area contributed by atoms with Gasteiger partial charge in [0.05, 0.1) is 48.7 Å². The van der Waals surface area contributed by atoms with Crippen LogP contribution in [-0.4, -0.2) is 105 Å². The van der Waals surface area contributed by atoms with Crippen LogP contribution in [0.5, 0.6) is 23.0 Å². The van der Waals surface area contributed by atoms with Gasteiger partial charge in [0, 0.05) is 39.6 Å². The molecule has 0 radical (unpaired) electrons. The topological polar surface area (TPSA) is 161 Å². The van der Waals surface area contributed by atoms with Gasteiger partial charge in [-0.1, -0.05) is 62.7 Å². The molecule has 0 unspecified atom stereocenters. The molecule has 14 nitrogen and oxygen atoms in total. The SMILES string of the molecule is C=C(COC)C(=O)OCCOc1ccc(-c2ccc(-c3ccc(-c4ccc(OCCOC(=O)C(=C)COC)cc4)cc3OC(=O)C(=C)COC)c(OC(=O)C(=C)COC)c2)cc1. The lowest BCUT2D eigenvalue weighted by atomic mass is 9.96. The fourth-order valence-corrected chi connectivity index (χ4v) is 5.57. The molecule has 0 atom stereocenters. The van der Waals surface area contributed by atoms with Crippen molar-refractivity contribution in [2.45, 2.75) is 0 Å². The summed E-state index contributed by atoms with van der Waals surface area (Å²) in [5.74, 6) is -1.20. The molecule has 4 aromatic rings. The molecule has 4 rings (SSSR count). The van der Waals surface area contributed by atoms with Crippen LogP contribution in [0.2, 0.25) is 0 Å². The molecule has 326 valence electrons. The van der Waals surface area contributed by atoms with Crippen LogP contribution in [0.25, 0.3) is 33.4 Å². The summed E-state index contributed by atoms with van der Waals surface area (Å²) in [5.41, 5.74) is 4.32. The molecular weight excluding hydrogens is 801 g/mol. The number of esters is 4. The third-order valence-electron chi connectivity index (χ3n) is 8.63. The number of hydrogen-bond donors (Lipinski definition) is 0. The fourth-order valence-electron chi connectivity index (χ4n) is 5.57. The second-order valence-corrected chi connectivity index (χ2v) is 13.4. The molecule has 0 saturated carbocycles. The van der Waals surface area contributed by atoms with E-state index in [1.54, 1.807) is 48.5 Å². The summed E-state index contributed by atoms with van der Waals surface area (Å²) < 4.78 is 53.7. The zero-order chi connectivity index (χ0) is 45.0. The maximum Gasteiger partial charge on any atom is 0.341 e. The van der Waals surface area contributed by atoms with E-state index in [2.05, 4.69) is 26.3 Å². The summed E-state index contributed by atoms with van der Waals surface area (Å²) in [6, 6.07) is 24.8. The number of ether oxygens (including phenoxy) is 10. The Morgan fingerprint density at radius 2 is 0.710 bits per heavy atom. The lowest BCUT2D eigenvalue weighted by molar-refractivity contribution is -0.141. The van der Waals surface area contributed by atoms with Crippen molar-refractivity contribution >= 4 is 23.9 Å². The van der Waals surface area contributed by atoms with Gasteiger partial charge < -0.3 is 47.4 Å². The van der Waals surface area contributed by atoms with E-state index in [-0.39, 0.29) is 86.6 Å². The molecule has 0 N–H and O–H groups in total. The van der Waals surface area contributed by atoms with Gasteiger partial charge in [-0.25, -0.2) is 19.2 Å². The van der Waals surface area contributed by atoms with Crippen molar-refractivity contribution in [2.24, 2.45) is 0 Å². The van der Waals surface area contributed by atoms with Crippen LogP contribution in [0.1, 0.15) is 0 Å². The van der Waals surface area contributed by atoms with Crippen LogP contribution in [0, 0.1) is 0 Å². The molecule has 4 aromatic carbocycles. The number of rotatable bonds is 25. The minimum Gasteiger partial charge on any atom is -0.490 e. The van der Waals surface area contributed by atoms with Crippen molar-refractivity contribution in [1.82, 2.24) is 0 Å². The molecule has 0 aliphatic carbocycles. The first-order valence-corrected chi connectivity index (χ1v) is 19.1. The Hall–Kier alpha value is -6.84. The van der Waals surface area contributed by atoms with E-state index in [1.165, 1.54) is 28.4 Å². The van der Waals surface area contributed by atoms with Crippen LogP contribution in [0.4, 0.5) is 0 Å². The Balaban J connectivity index is 1.63. The normalized spacial score (nSPS) is 10.6. The summed E-state index contributed by atoms with van der Waals surface area (Å²) in [6.45, 7) is 15.1. The standard InChI is InChI=1S/C48H50O14/c1-31(27-53-5)45(49)59-23-21-57-39-15-9-35(10-16-39)37-13-19-41(43(25-37)61-47(51)33(3)29-55-7)42-20-14-38(26-44(42)62-48(52)34(4)30-56-8)36-11-17-40(18-12-36)58-22-24-60-46(50)32(2)28-54-6/h9-20,25-26H,1-4,21-24,27-30H2,5-8H3. The van der Waals surface area contributed by atoms with Crippen molar-refractivity contribution in [3.63, 3.8) is 0 Å². The number of carbonyl (C=O) groups is 4. The average molecular weight is 851 g/mol. The maximum atomic E-state index is 13.3. The highest BCUT2D eigenvalue weighted by atomic mass is 16.6. The molecule has 0 aromatic heterocycles. The van der Waals surface area contributed by atoms with E-state index in [0.29, 0.717) is 33.8 Å². The number of hydrogen-bond acceptors (Lipinski definition) is 14. The summed E-state index contributed by atoms with van der Waals surface area (Å²) in [7, 11) is 5.80. The van der Waals surface area contributed by atoms with Crippen LogP contribution in [-0.2, 0) is 47.6 Å². The van der Waals surface area contributed by atoms with Crippen LogP contribution >= 0.6 is 0 Å². The predicted molar refractivity (Wildman–Crippen MR) is 231 cm³/mol. The second kappa shape index (κ2) is 24.4. The summed E-state index contributed by atoms with van der Waals surface area (Å²) in [5, 5.41) is 0. The highest BCUT2D eigenvalue weighted by molar-refractivity contribution is 5.94. The first kappa shape index (κ1) is 47.8. The minimum atomic E-state index is -0.721. The molecule has 0 aliphatic heterocycles. The zero-order valence-electron chi connectivity index (χ0n) is 35.3. The zero-order valence-corrected chi connectivity index (χ0v) is 35.3. The number of carbonyl (C=O) groups excluding carboxylic acids is 4. The van der Waals surface area contributed by atoms with Gasteiger partial charge in [-0.2, -0.15) is 0 Å². The minimum absolute atomic E-state index is 0.0169. The lowest BCUT2D eigenvalue weighted by Crippen LogP contribution is -2.15. The molecule has 0 spiro atoms. The van der Waals surface area contributed by atoms with Crippen LogP contribution in [0.3, 0.4) is 0 Å². The number of methoxy groups -OCH3 is 4. The molecule has 0 saturated heterocycles. The van der Waals surface area contributed by atoms with Crippen molar-refractivity contribution in [2.75, 3.05) is 81.3 Å². The Morgan fingerprint density at radius 3 is 1.03 bits per heavy atom. The van der Waals surface area contributed by atoms with Gasteiger partial charge in [0.15, 0.2) is 0 Å². The molecular formula is C48H50O14. The van der Waals surface area contributed by atoms with Crippen molar-refractivity contribution in [3.8, 4) is 56.4 Å². The quantitative estimate of drug-likeness (QED) is 0.0286. The second-order valence-electron chi connectivity index (χ2n) is 13.4. The van der Waals surface area contributed by atoms with E-state index in [4.69, 9.17) is 47.4 Å². The van der Waals surface area contributed by atoms with Gasteiger partial charge >= 0.3 is 23.9 Å². The van der Waals surface area contributed by atoms with E-state index < -0.39 is 23.9 Å². The summed E-state index contributed by atoms with van der Waals surface area (Å²) >= 11 is 0. The van der Waals surface area contributed by atoms with Gasteiger partial charge in [0.25, 0.3) is 0 Å². The van der Waals surface area contributed by atoms with Crippen molar-refractivity contribution < 1.29 is 66.5 Å². The van der Waals surface area contributed by atoms with E-state index in [0.717, 1.165) is 11.1 Å². The van der Waals surface area contributed by atoms with Crippen molar-refractivity contribution in [3.05, 3.63) is 134 Å². The Bertz CT molecular complexity index is 2080. The Labute approximate surface area is 360 Å². The lowest BCUT2D eigenvalue weighted by Gasteiger charge is -2.17. The molecule has 14 heteroatoms. The molecule has 0 aliphatic rings. The fraction of sp³-hybridized carbons (Fsp3) is 0.250. The highest BCUT2D eigenvalue weighted by Crippen LogP contribution is 2.42. The van der Waals surface area contributed by atoms with E-state index >= 15 is 0 Å². The largest absolute Gasteiger partial charge is 0.490 e. The third-order valence-corrected chi connectivity index (χ3v) is 8.63. The summed E-state index contributed by atoms with van der Waals surface area (Å²) in [4.78, 5) is 50.4. The molecule has 0 heterocycles. The Kier molecular flexibility index (Phi) is 18.8. The first-order valence-electron chi connectivity index (χ1n) is 19.1. The molecule has 0 amide bonds. The average Bonchev–Trinajstić information content (AvgIpc) is 3.27. The van der Waals surface area contributed by atoms with Gasteiger partial charge in [-0.05, 0) is 70.8 Å². The van der Waals surface area contributed by atoms with Gasteiger partial charge in [-0.3, -0.25) is 0 Å². The van der Waals surface area contributed by atoms with Gasteiger partial charge in [0.2, 0.25) is 0 Å². The highest BCUT2D eigenvalue weighted by Gasteiger charge is 2.21. The van der Waals surface area contributed by atoms with E-state index in [1.807, 2.05) is 36.4 Å². The summed E-state index contributed by atoms with van der Waals surface area (Å²) in [6.07, 6.45) is 0. The third kappa shape index (κ3) is 14.1. The predicted octanol–water partition coefficient (Wildman–Crippen LogP) is 7.15. The van der Waals surface area contributed by atoms with Crippen LogP contribution in [0.15, 0.2) is 134 Å². The monoisotopic (exact) mass is 850 g/mol. The number of benzene rings is 4. The maximum absolute atomic E-state index is 13.3. The van der Waals surface area contributed by atoms with E-state index in [9.17, 15) is 19.2 Å². The van der Waals surface area contributed by atoms with Gasteiger partial charge in [0.1, 0.15) is 49.4 Å².